The van der Waals surface area contributed by atoms with Crippen LogP contribution in [-0.4, -0.2) is 30.6 Å². The van der Waals surface area contributed by atoms with Crippen molar-refractivity contribution < 1.29 is 24.0 Å². The van der Waals surface area contributed by atoms with Gasteiger partial charge in [0.1, 0.15) is 0 Å². The molecule has 2 atom stereocenters. The number of hydrogen-bond acceptors (Lipinski definition) is 8. The van der Waals surface area contributed by atoms with Crippen molar-refractivity contribution in [1.29, 1.82) is 0 Å². The standard InChI is InChI=1S/C26H26ClN3O6/c1-14-22(25(31)35-3)24(19-12-17(27)8-9-21(19)30(33)34)23(15(2)29-14)26(32)36-11-10-20-18-7-5-4-6-16(18)13-28-20/h4-9,12,20,24,28-29H,10-11,13H2,1-3H3. The molecule has 2 aromatic rings. The van der Waals surface area contributed by atoms with Crippen molar-refractivity contribution in [3.05, 3.63) is 96.8 Å². The van der Waals surface area contributed by atoms with Crippen LogP contribution in [0.5, 0.6) is 0 Å². The highest BCUT2D eigenvalue weighted by Crippen LogP contribution is 2.43. The third kappa shape index (κ3) is 4.84. The van der Waals surface area contributed by atoms with E-state index < -0.39 is 22.8 Å². The molecule has 4 rings (SSSR count). The van der Waals surface area contributed by atoms with E-state index >= 15 is 0 Å². The number of rotatable bonds is 7. The molecule has 0 spiro atoms. The number of carbonyl (C=O) groups excluding carboxylic acids is 2. The summed E-state index contributed by atoms with van der Waals surface area (Å²) in [6.07, 6.45) is 0.545. The van der Waals surface area contributed by atoms with Gasteiger partial charge in [-0.2, -0.15) is 0 Å². The van der Waals surface area contributed by atoms with E-state index in [-0.39, 0.29) is 40.1 Å². The van der Waals surface area contributed by atoms with Crippen molar-refractivity contribution >= 4 is 29.2 Å². The normalized spacial score (nSPS) is 19.0. The van der Waals surface area contributed by atoms with Crippen LogP contribution >= 0.6 is 11.6 Å². The van der Waals surface area contributed by atoms with Gasteiger partial charge in [0.05, 0.1) is 35.7 Å². The lowest BCUT2D eigenvalue weighted by Crippen LogP contribution is -2.32. The molecule has 10 heteroatoms. The third-order valence-corrected chi connectivity index (χ3v) is 6.73. The first-order valence-corrected chi connectivity index (χ1v) is 11.8. The molecule has 2 unspecified atom stereocenters. The molecule has 2 aliphatic heterocycles. The second kappa shape index (κ2) is 10.5. The number of methoxy groups -OCH3 is 1. The lowest BCUT2D eigenvalue weighted by molar-refractivity contribution is -0.385. The summed E-state index contributed by atoms with van der Waals surface area (Å²) >= 11 is 6.19. The van der Waals surface area contributed by atoms with Crippen LogP contribution in [0.2, 0.25) is 5.02 Å². The molecule has 0 bridgehead atoms. The quantitative estimate of drug-likeness (QED) is 0.318. The fourth-order valence-corrected chi connectivity index (χ4v) is 5.04. The van der Waals surface area contributed by atoms with E-state index in [4.69, 9.17) is 21.1 Å². The van der Waals surface area contributed by atoms with E-state index in [1.807, 2.05) is 18.2 Å². The molecule has 2 aliphatic rings. The summed E-state index contributed by atoms with van der Waals surface area (Å²) in [5.41, 5.74) is 3.22. The Morgan fingerprint density at radius 3 is 2.47 bits per heavy atom. The molecule has 36 heavy (non-hydrogen) atoms. The average Bonchev–Trinajstić information content (AvgIpc) is 3.25. The summed E-state index contributed by atoms with van der Waals surface area (Å²) in [5.74, 6) is -2.50. The van der Waals surface area contributed by atoms with Gasteiger partial charge in [-0.1, -0.05) is 35.9 Å². The van der Waals surface area contributed by atoms with Crippen LogP contribution in [0.1, 0.15) is 48.9 Å². The number of nitro groups is 1. The molecule has 0 saturated carbocycles. The number of fused-ring (bicyclic) bond motifs is 1. The van der Waals surface area contributed by atoms with Gasteiger partial charge in [0.15, 0.2) is 0 Å². The number of carbonyl (C=O) groups is 2. The van der Waals surface area contributed by atoms with Crippen LogP contribution in [0.3, 0.4) is 0 Å². The monoisotopic (exact) mass is 511 g/mol. The first-order chi connectivity index (χ1) is 17.2. The maximum Gasteiger partial charge on any atom is 0.336 e. The molecule has 0 saturated heterocycles. The minimum atomic E-state index is -1.10. The molecule has 2 N–H and O–H groups in total. The molecule has 2 heterocycles. The summed E-state index contributed by atoms with van der Waals surface area (Å²) < 4.78 is 10.6. The van der Waals surface area contributed by atoms with Gasteiger partial charge in [-0.05, 0) is 37.1 Å². The number of halogens is 1. The topological polar surface area (TPSA) is 120 Å². The van der Waals surface area contributed by atoms with Gasteiger partial charge in [0, 0.05) is 47.1 Å². The lowest BCUT2D eigenvalue weighted by atomic mass is 9.79. The fraction of sp³-hybridized carbons (Fsp3) is 0.308. The Morgan fingerprint density at radius 1 is 1.08 bits per heavy atom. The van der Waals surface area contributed by atoms with Crippen molar-refractivity contribution in [3.63, 3.8) is 0 Å². The van der Waals surface area contributed by atoms with Gasteiger partial charge >= 0.3 is 11.9 Å². The molecule has 2 aromatic carbocycles. The second-order valence-corrected chi connectivity index (χ2v) is 9.08. The van der Waals surface area contributed by atoms with E-state index in [9.17, 15) is 19.7 Å². The Balaban J connectivity index is 1.66. The Morgan fingerprint density at radius 2 is 1.78 bits per heavy atom. The number of benzene rings is 2. The first kappa shape index (κ1) is 25.4. The van der Waals surface area contributed by atoms with Crippen LogP contribution in [0.4, 0.5) is 5.69 Å². The Hall–Kier alpha value is -3.69. The molecule has 0 amide bonds. The van der Waals surface area contributed by atoms with E-state index in [0.29, 0.717) is 17.8 Å². The minimum absolute atomic E-state index is 0.0474. The van der Waals surface area contributed by atoms with Crippen LogP contribution in [0, 0.1) is 10.1 Å². The molecule has 0 aromatic heterocycles. The molecular formula is C26H26ClN3O6. The summed E-state index contributed by atoms with van der Waals surface area (Å²) in [6.45, 7) is 4.16. The number of esters is 2. The van der Waals surface area contributed by atoms with Crippen LogP contribution < -0.4 is 10.6 Å². The van der Waals surface area contributed by atoms with Gasteiger partial charge in [-0.15, -0.1) is 0 Å². The molecule has 0 fully saturated rings. The molecule has 0 radical (unpaired) electrons. The zero-order valence-corrected chi connectivity index (χ0v) is 20.8. The highest BCUT2D eigenvalue weighted by molar-refractivity contribution is 6.30. The summed E-state index contributed by atoms with van der Waals surface area (Å²) in [6, 6.07) is 12.1. The largest absolute Gasteiger partial charge is 0.466 e. The number of dihydropyridines is 1. The number of allylic oxidation sites excluding steroid dienone is 2. The van der Waals surface area contributed by atoms with Crippen LogP contribution in [0.15, 0.2) is 65.0 Å². The van der Waals surface area contributed by atoms with E-state index in [2.05, 4.69) is 16.7 Å². The molecular weight excluding hydrogens is 486 g/mol. The van der Waals surface area contributed by atoms with Crippen molar-refractivity contribution in [3.8, 4) is 0 Å². The Bertz CT molecular complexity index is 1300. The smallest absolute Gasteiger partial charge is 0.336 e. The van der Waals surface area contributed by atoms with E-state index in [1.54, 1.807) is 13.8 Å². The van der Waals surface area contributed by atoms with Gasteiger partial charge in [-0.25, -0.2) is 9.59 Å². The van der Waals surface area contributed by atoms with Crippen molar-refractivity contribution in [2.24, 2.45) is 0 Å². The number of nitrogens with one attached hydrogen (secondary N) is 2. The van der Waals surface area contributed by atoms with Gasteiger partial charge in [0.25, 0.3) is 5.69 Å². The molecule has 9 nitrogen and oxygen atoms in total. The van der Waals surface area contributed by atoms with Crippen molar-refractivity contribution in [1.82, 2.24) is 10.6 Å². The maximum absolute atomic E-state index is 13.4. The summed E-state index contributed by atoms with van der Waals surface area (Å²) in [7, 11) is 1.21. The predicted octanol–water partition coefficient (Wildman–Crippen LogP) is 4.43. The third-order valence-electron chi connectivity index (χ3n) is 6.49. The fourth-order valence-electron chi connectivity index (χ4n) is 4.86. The maximum atomic E-state index is 13.4. The summed E-state index contributed by atoms with van der Waals surface area (Å²) in [5, 5.41) is 18.5. The zero-order chi connectivity index (χ0) is 26.0. The summed E-state index contributed by atoms with van der Waals surface area (Å²) in [4.78, 5) is 37.5. The highest BCUT2D eigenvalue weighted by atomic mass is 35.5. The lowest BCUT2D eigenvalue weighted by Gasteiger charge is -2.30. The van der Waals surface area contributed by atoms with Crippen LogP contribution in [-0.2, 0) is 25.6 Å². The van der Waals surface area contributed by atoms with E-state index in [0.717, 1.165) is 6.54 Å². The molecule has 0 aliphatic carbocycles. The SMILES string of the molecule is COC(=O)C1=C(C)NC(C)=C(C(=O)OCCC2NCc3ccccc32)C1c1cc(Cl)ccc1[N+](=O)[O-]. The number of nitrogens with zero attached hydrogens (tertiary/aromatic N) is 1. The van der Waals surface area contributed by atoms with Crippen LogP contribution in [0.25, 0.3) is 0 Å². The van der Waals surface area contributed by atoms with Crippen molar-refractivity contribution in [2.75, 3.05) is 13.7 Å². The van der Waals surface area contributed by atoms with Gasteiger partial charge < -0.3 is 20.1 Å². The average molecular weight is 512 g/mol. The van der Waals surface area contributed by atoms with E-state index in [1.165, 1.54) is 36.4 Å². The first-order valence-electron chi connectivity index (χ1n) is 11.4. The second-order valence-electron chi connectivity index (χ2n) is 8.64. The van der Waals surface area contributed by atoms with Gasteiger partial charge in [-0.3, -0.25) is 10.1 Å². The number of ether oxygens (including phenoxy) is 2. The molecule has 188 valence electrons. The minimum Gasteiger partial charge on any atom is -0.466 e. The number of nitro benzene ring substituents is 1. The predicted molar refractivity (Wildman–Crippen MR) is 133 cm³/mol. The van der Waals surface area contributed by atoms with Crippen molar-refractivity contribution in [2.45, 2.75) is 38.8 Å². The highest BCUT2D eigenvalue weighted by Gasteiger charge is 2.41. The Kier molecular flexibility index (Phi) is 7.42. The number of hydrogen-bond donors (Lipinski definition) is 2. The van der Waals surface area contributed by atoms with Gasteiger partial charge in [0.2, 0.25) is 0 Å². The zero-order valence-electron chi connectivity index (χ0n) is 20.1. The Labute approximate surface area is 213 Å².